The minimum atomic E-state index is -0.700. The number of hydrogen-bond donors (Lipinski definition) is 1. The van der Waals surface area contributed by atoms with Gasteiger partial charge >= 0.3 is 0 Å². The maximum absolute atomic E-state index is 12.7. The molecule has 0 fully saturated rings. The molecule has 0 aliphatic carbocycles. The summed E-state index contributed by atoms with van der Waals surface area (Å²) in [5.41, 5.74) is 1.53. The third kappa shape index (κ3) is 4.69. The maximum atomic E-state index is 12.7. The number of aromatic nitrogens is 3. The number of benzene rings is 2. The summed E-state index contributed by atoms with van der Waals surface area (Å²) in [6, 6.07) is 12.8. The van der Waals surface area contributed by atoms with Crippen LogP contribution < -0.4 is 19.5 Å². The fourth-order valence-corrected chi connectivity index (χ4v) is 3.82. The predicted octanol–water partition coefficient (Wildman–Crippen LogP) is 4.09. The molecule has 0 unspecified atom stereocenters. The van der Waals surface area contributed by atoms with Crippen LogP contribution in [0, 0.1) is 0 Å². The Labute approximate surface area is 187 Å². The first-order chi connectivity index (χ1) is 15.6. The molecule has 0 spiro atoms. The number of nitrogens with zero attached hydrogens (tertiary/aromatic N) is 3. The number of fused-ring (bicyclic) bond motifs is 1. The van der Waals surface area contributed by atoms with Crippen LogP contribution in [0.3, 0.4) is 0 Å². The van der Waals surface area contributed by atoms with Gasteiger partial charge in [0, 0.05) is 30.3 Å². The van der Waals surface area contributed by atoms with E-state index in [2.05, 4.69) is 20.1 Å². The largest absolute Gasteiger partial charge is 0.493 e. The molecule has 1 aliphatic rings. The summed E-state index contributed by atoms with van der Waals surface area (Å²) in [4.78, 5) is 12.7. The fraction of sp³-hybridized carbons (Fsp3) is 0.375. The summed E-state index contributed by atoms with van der Waals surface area (Å²) < 4.78 is 18.6. The third-order valence-electron chi connectivity index (χ3n) is 5.53. The lowest BCUT2D eigenvalue weighted by atomic mass is 10.2. The molecule has 1 aliphatic heterocycles. The van der Waals surface area contributed by atoms with Crippen molar-refractivity contribution in [3.63, 3.8) is 0 Å². The van der Waals surface area contributed by atoms with Gasteiger partial charge in [0.1, 0.15) is 11.6 Å². The molecular formula is C24H28N4O4. The average Bonchev–Trinajstić information content (AvgIpc) is 3.07. The van der Waals surface area contributed by atoms with Crippen molar-refractivity contribution in [2.24, 2.45) is 0 Å². The highest BCUT2D eigenvalue weighted by atomic mass is 16.5. The zero-order chi connectivity index (χ0) is 22.5. The van der Waals surface area contributed by atoms with Crippen LogP contribution in [0.1, 0.15) is 32.0 Å². The highest BCUT2D eigenvalue weighted by Crippen LogP contribution is 2.30. The zero-order valence-electron chi connectivity index (χ0n) is 18.6. The Morgan fingerprint density at radius 1 is 1.03 bits per heavy atom. The molecule has 1 N–H and O–H groups in total. The number of amides is 1. The van der Waals surface area contributed by atoms with E-state index in [0.717, 1.165) is 43.0 Å². The number of nitrogens with one attached hydrogen (secondary N) is 1. The molecule has 0 saturated heterocycles. The number of hydrogen-bond acceptors (Lipinski definition) is 6. The van der Waals surface area contributed by atoms with Crippen molar-refractivity contribution in [1.29, 1.82) is 0 Å². The topological polar surface area (TPSA) is 87.5 Å². The second-order valence-corrected chi connectivity index (χ2v) is 7.75. The highest BCUT2D eigenvalue weighted by molar-refractivity contribution is 5.94. The molecule has 1 atom stereocenters. The van der Waals surface area contributed by atoms with Crippen LogP contribution in [0.25, 0.3) is 11.4 Å². The van der Waals surface area contributed by atoms with Crippen LogP contribution in [-0.4, -0.2) is 41.0 Å². The standard InChI is InChI=1S/C24H28N4O4/c1-16(24(29)25-18-11-12-20(30-2)21(15-18)31-3)32-19-9-7-8-17(14-19)23-27-26-22-10-5-4-6-13-28(22)23/h7-9,11-12,14-16H,4-6,10,13H2,1-3H3,(H,25,29)/t16-/m1/s1. The molecule has 0 bridgehead atoms. The third-order valence-corrected chi connectivity index (χ3v) is 5.53. The van der Waals surface area contributed by atoms with Gasteiger partial charge in [0.15, 0.2) is 23.4 Å². The molecule has 4 rings (SSSR count). The second kappa shape index (κ2) is 9.72. The number of carbonyl (C=O) groups is 1. The van der Waals surface area contributed by atoms with Crippen molar-refractivity contribution in [2.75, 3.05) is 19.5 Å². The van der Waals surface area contributed by atoms with Crippen LogP contribution in [0.5, 0.6) is 17.2 Å². The fourth-order valence-electron chi connectivity index (χ4n) is 3.82. The lowest BCUT2D eigenvalue weighted by molar-refractivity contribution is -0.122. The lowest BCUT2D eigenvalue weighted by Gasteiger charge is -2.16. The molecular weight excluding hydrogens is 408 g/mol. The normalized spacial score (nSPS) is 14.1. The molecule has 2 heterocycles. The van der Waals surface area contributed by atoms with Crippen molar-refractivity contribution in [3.05, 3.63) is 48.3 Å². The van der Waals surface area contributed by atoms with E-state index in [1.165, 1.54) is 6.42 Å². The van der Waals surface area contributed by atoms with Crippen LogP contribution in [0.4, 0.5) is 5.69 Å². The van der Waals surface area contributed by atoms with Crippen LogP contribution in [-0.2, 0) is 17.8 Å². The summed E-state index contributed by atoms with van der Waals surface area (Å²) in [6.45, 7) is 2.64. The zero-order valence-corrected chi connectivity index (χ0v) is 18.6. The summed E-state index contributed by atoms with van der Waals surface area (Å²) >= 11 is 0. The first kappa shape index (κ1) is 21.7. The molecule has 3 aromatic rings. The van der Waals surface area contributed by atoms with Gasteiger partial charge in [-0.3, -0.25) is 4.79 Å². The van der Waals surface area contributed by atoms with E-state index in [9.17, 15) is 4.79 Å². The van der Waals surface area contributed by atoms with E-state index in [0.29, 0.717) is 22.9 Å². The van der Waals surface area contributed by atoms with E-state index in [1.807, 2.05) is 24.3 Å². The van der Waals surface area contributed by atoms with Gasteiger partial charge in [-0.2, -0.15) is 0 Å². The number of aryl methyl sites for hydroxylation is 1. The smallest absolute Gasteiger partial charge is 0.265 e. The van der Waals surface area contributed by atoms with Crippen LogP contribution in [0.2, 0.25) is 0 Å². The van der Waals surface area contributed by atoms with E-state index in [1.54, 1.807) is 39.3 Å². The quantitative estimate of drug-likeness (QED) is 0.600. The number of ether oxygens (including phenoxy) is 3. The molecule has 32 heavy (non-hydrogen) atoms. The molecule has 2 aromatic carbocycles. The predicted molar refractivity (Wildman–Crippen MR) is 121 cm³/mol. The van der Waals surface area contributed by atoms with Gasteiger partial charge in [0.05, 0.1) is 14.2 Å². The number of carbonyl (C=O) groups excluding carboxylic acids is 1. The van der Waals surface area contributed by atoms with E-state index in [-0.39, 0.29) is 5.91 Å². The summed E-state index contributed by atoms with van der Waals surface area (Å²) in [5.74, 6) is 3.35. The minimum absolute atomic E-state index is 0.265. The van der Waals surface area contributed by atoms with Crippen LogP contribution >= 0.6 is 0 Å². The lowest BCUT2D eigenvalue weighted by Crippen LogP contribution is -2.30. The summed E-state index contributed by atoms with van der Waals surface area (Å²) in [7, 11) is 3.12. The Kier molecular flexibility index (Phi) is 6.58. The van der Waals surface area contributed by atoms with Crippen molar-refractivity contribution < 1.29 is 19.0 Å². The first-order valence-electron chi connectivity index (χ1n) is 10.8. The van der Waals surface area contributed by atoms with E-state index < -0.39 is 6.10 Å². The summed E-state index contributed by atoms with van der Waals surface area (Å²) in [5, 5.41) is 11.6. The molecule has 1 aromatic heterocycles. The minimum Gasteiger partial charge on any atom is -0.493 e. The Balaban J connectivity index is 1.46. The van der Waals surface area contributed by atoms with E-state index >= 15 is 0 Å². The SMILES string of the molecule is COc1ccc(NC(=O)[C@@H](C)Oc2cccc(-c3nnc4n3CCCCC4)c2)cc1OC. The number of rotatable bonds is 7. The molecule has 1 amide bonds. The maximum Gasteiger partial charge on any atom is 0.265 e. The monoisotopic (exact) mass is 436 g/mol. The van der Waals surface area contributed by atoms with Crippen molar-refractivity contribution in [2.45, 2.75) is 45.3 Å². The Morgan fingerprint density at radius 2 is 1.88 bits per heavy atom. The Morgan fingerprint density at radius 3 is 2.69 bits per heavy atom. The molecule has 168 valence electrons. The molecule has 8 nitrogen and oxygen atoms in total. The molecule has 8 heteroatoms. The van der Waals surface area contributed by atoms with Crippen molar-refractivity contribution >= 4 is 11.6 Å². The molecule has 0 radical (unpaired) electrons. The van der Waals surface area contributed by atoms with Gasteiger partial charge in [-0.15, -0.1) is 10.2 Å². The Bertz CT molecular complexity index is 1100. The summed E-state index contributed by atoms with van der Waals surface area (Å²) in [6.07, 6.45) is 3.74. The van der Waals surface area contributed by atoms with Gasteiger partial charge in [0.2, 0.25) is 0 Å². The van der Waals surface area contributed by atoms with E-state index in [4.69, 9.17) is 14.2 Å². The van der Waals surface area contributed by atoms with Gasteiger partial charge in [-0.05, 0) is 44.0 Å². The van der Waals surface area contributed by atoms with Crippen molar-refractivity contribution in [3.8, 4) is 28.6 Å². The average molecular weight is 437 g/mol. The number of anilines is 1. The highest BCUT2D eigenvalue weighted by Gasteiger charge is 2.19. The van der Waals surface area contributed by atoms with Crippen LogP contribution in [0.15, 0.2) is 42.5 Å². The molecule has 0 saturated carbocycles. The van der Waals surface area contributed by atoms with Gasteiger partial charge in [0.25, 0.3) is 5.91 Å². The van der Waals surface area contributed by atoms with Gasteiger partial charge in [-0.1, -0.05) is 18.6 Å². The van der Waals surface area contributed by atoms with Crippen molar-refractivity contribution in [1.82, 2.24) is 14.8 Å². The first-order valence-corrected chi connectivity index (χ1v) is 10.8. The van der Waals surface area contributed by atoms with Gasteiger partial charge < -0.3 is 24.1 Å². The second-order valence-electron chi connectivity index (χ2n) is 7.75. The van der Waals surface area contributed by atoms with Gasteiger partial charge in [-0.25, -0.2) is 0 Å². The Hall–Kier alpha value is -3.55. The number of methoxy groups -OCH3 is 2.